The highest BCUT2D eigenvalue weighted by Gasteiger charge is 2.31. The van der Waals surface area contributed by atoms with E-state index >= 15 is 0 Å². The molecule has 2 aromatic carbocycles. The van der Waals surface area contributed by atoms with Gasteiger partial charge in [-0.2, -0.15) is 0 Å². The lowest BCUT2D eigenvalue weighted by Crippen LogP contribution is -2.51. The average Bonchev–Trinajstić information content (AvgIpc) is 2.77. The summed E-state index contributed by atoms with van der Waals surface area (Å²) in [5.74, 6) is -0.721. The minimum absolute atomic E-state index is 0.212. The Labute approximate surface area is 191 Å². The van der Waals surface area contributed by atoms with Crippen LogP contribution in [0.25, 0.3) is 0 Å². The molecular formula is C24H33N3O4S. The van der Waals surface area contributed by atoms with Gasteiger partial charge in [-0.1, -0.05) is 50.2 Å². The van der Waals surface area contributed by atoms with Crippen LogP contribution in [-0.4, -0.2) is 51.0 Å². The first-order valence-corrected chi connectivity index (χ1v) is 12.6. The lowest BCUT2D eigenvalue weighted by Gasteiger charge is -2.33. The zero-order chi connectivity index (χ0) is 23.9. The van der Waals surface area contributed by atoms with E-state index in [9.17, 15) is 18.0 Å². The summed E-state index contributed by atoms with van der Waals surface area (Å²) < 4.78 is 26.2. The van der Waals surface area contributed by atoms with Crippen molar-refractivity contribution < 1.29 is 18.0 Å². The van der Waals surface area contributed by atoms with Crippen molar-refractivity contribution in [2.24, 2.45) is 0 Å². The van der Waals surface area contributed by atoms with Crippen molar-refractivity contribution in [1.29, 1.82) is 0 Å². The molecule has 0 spiro atoms. The first-order chi connectivity index (χ1) is 15.1. The molecular weight excluding hydrogens is 426 g/mol. The Bertz CT molecular complexity index is 1040. The Morgan fingerprint density at radius 2 is 1.66 bits per heavy atom. The summed E-state index contributed by atoms with van der Waals surface area (Å²) in [7, 11) is -2.19. The van der Waals surface area contributed by atoms with Crippen LogP contribution >= 0.6 is 0 Å². The van der Waals surface area contributed by atoms with Gasteiger partial charge in [-0.05, 0) is 48.6 Å². The molecule has 0 bridgehead atoms. The molecule has 1 unspecified atom stereocenters. The molecule has 0 aliphatic carbocycles. The molecule has 2 amide bonds. The van der Waals surface area contributed by atoms with Gasteiger partial charge < -0.3 is 10.2 Å². The highest BCUT2D eigenvalue weighted by atomic mass is 32.2. The van der Waals surface area contributed by atoms with Crippen LogP contribution in [0.1, 0.15) is 37.0 Å². The Morgan fingerprint density at radius 3 is 2.16 bits per heavy atom. The van der Waals surface area contributed by atoms with Gasteiger partial charge in [-0.15, -0.1) is 0 Å². The van der Waals surface area contributed by atoms with Crippen LogP contribution in [-0.2, 0) is 32.6 Å². The highest BCUT2D eigenvalue weighted by Crippen LogP contribution is 2.21. The first-order valence-electron chi connectivity index (χ1n) is 10.7. The Hall–Kier alpha value is -2.87. The average molecular weight is 460 g/mol. The largest absolute Gasteiger partial charge is 0.357 e. The van der Waals surface area contributed by atoms with Crippen LogP contribution in [0, 0.1) is 6.92 Å². The number of aryl methyl sites for hydroxylation is 2. The Kier molecular flexibility index (Phi) is 8.83. The van der Waals surface area contributed by atoms with E-state index in [1.807, 2.05) is 57.2 Å². The second kappa shape index (κ2) is 11.1. The molecule has 0 aromatic heterocycles. The number of carbonyl (C=O) groups excluding carboxylic acids is 2. The number of amides is 2. The van der Waals surface area contributed by atoms with Crippen LogP contribution in [0.5, 0.6) is 0 Å². The number of nitrogens with one attached hydrogen (secondary N) is 1. The van der Waals surface area contributed by atoms with Gasteiger partial charge in [0.2, 0.25) is 21.8 Å². The molecule has 0 radical (unpaired) electrons. The summed E-state index contributed by atoms with van der Waals surface area (Å²) in [6.45, 7) is 5.61. The molecule has 2 rings (SSSR count). The number of hydrogen-bond acceptors (Lipinski definition) is 4. The maximum absolute atomic E-state index is 13.5. The van der Waals surface area contributed by atoms with E-state index in [1.165, 1.54) is 11.9 Å². The smallest absolute Gasteiger partial charge is 0.244 e. The van der Waals surface area contributed by atoms with Crippen molar-refractivity contribution in [3.8, 4) is 0 Å². The SMILES string of the molecule is CCc1ccc(N(CC(=O)N(Cc2ccccc2C)C(CC)C(=O)NC)S(C)(=O)=O)cc1. The van der Waals surface area contributed by atoms with E-state index < -0.39 is 22.0 Å². The second-order valence-corrected chi connectivity index (χ2v) is 9.68. The number of likely N-dealkylation sites (N-methyl/N-ethyl adjacent to an activating group) is 1. The molecule has 0 saturated heterocycles. The van der Waals surface area contributed by atoms with Gasteiger partial charge in [0.15, 0.2) is 0 Å². The maximum Gasteiger partial charge on any atom is 0.244 e. The van der Waals surface area contributed by atoms with Crippen molar-refractivity contribution in [1.82, 2.24) is 10.2 Å². The second-order valence-electron chi connectivity index (χ2n) is 7.78. The van der Waals surface area contributed by atoms with E-state index in [1.54, 1.807) is 12.1 Å². The van der Waals surface area contributed by atoms with Gasteiger partial charge in [0, 0.05) is 13.6 Å². The molecule has 8 heteroatoms. The lowest BCUT2D eigenvalue weighted by molar-refractivity contribution is -0.140. The fraction of sp³-hybridized carbons (Fsp3) is 0.417. The van der Waals surface area contributed by atoms with Gasteiger partial charge >= 0.3 is 0 Å². The third kappa shape index (κ3) is 6.32. The molecule has 0 aliphatic rings. The van der Waals surface area contributed by atoms with Crippen molar-refractivity contribution in [3.05, 3.63) is 65.2 Å². The maximum atomic E-state index is 13.5. The summed E-state index contributed by atoms with van der Waals surface area (Å²) in [6.07, 6.45) is 2.31. The monoisotopic (exact) mass is 459 g/mol. The molecule has 0 fully saturated rings. The molecule has 0 heterocycles. The van der Waals surface area contributed by atoms with Crippen LogP contribution in [0.3, 0.4) is 0 Å². The molecule has 174 valence electrons. The van der Waals surface area contributed by atoms with E-state index in [2.05, 4.69) is 5.32 Å². The van der Waals surface area contributed by atoms with E-state index in [0.717, 1.165) is 33.7 Å². The summed E-state index contributed by atoms with van der Waals surface area (Å²) in [4.78, 5) is 27.5. The fourth-order valence-corrected chi connectivity index (χ4v) is 4.42. The number of carbonyl (C=O) groups is 2. The van der Waals surface area contributed by atoms with Crippen molar-refractivity contribution in [2.75, 3.05) is 24.2 Å². The highest BCUT2D eigenvalue weighted by molar-refractivity contribution is 7.92. The van der Waals surface area contributed by atoms with Gasteiger partial charge in [0.1, 0.15) is 12.6 Å². The van der Waals surface area contributed by atoms with E-state index in [0.29, 0.717) is 12.1 Å². The van der Waals surface area contributed by atoms with E-state index in [4.69, 9.17) is 0 Å². The lowest BCUT2D eigenvalue weighted by atomic mass is 10.1. The molecule has 0 saturated carbocycles. The van der Waals surface area contributed by atoms with Crippen LogP contribution in [0.15, 0.2) is 48.5 Å². The number of benzene rings is 2. The van der Waals surface area contributed by atoms with Gasteiger partial charge in [0.25, 0.3) is 0 Å². The van der Waals surface area contributed by atoms with Crippen LogP contribution in [0.2, 0.25) is 0 Å². The van der Waals surface area contributed by atoms with Crippen molar-refractivity contribution >= 4 is 27.5 Å². The molecule has 7 nitrogen and oxygen atoms in total. The standard InChI is InChI=1S/C24H33N3O4S/c1-6-19-12-14-21(15-13-19)27(32(5,30)31)17-23(28)26(22(7-2)24(29)25-4)16-20-11-9-8-10-18(20)3/h8-15,22H,6-7,16-17H2,1-5H3,(H,25,29). The minimum atomic E-state index is -3.72. The molecule has 0 aliphatic heterocycles. The van der Waals surface area contributed by atoms with Gasteiger partial charge in [-0.3, -0.25) is 13.9 Å². The topological polar surface area (TPSA) is 86.8 Å². The molecule has 1 N–H and O–H groups in total. The van der Waals surface area contributed by atoms with Crippen molar-refractivity contribution in [3.63, 3.8) is 0 Å². The third-order valence-electron chi connectivity index (χ3n) is 5.55. The predicted molar refractivity (Wildman–Crippen MR) is 128 cm³/mol. The Balaban J connectivity index is 2.42. The number of nitrogens with zero attached hydrogens (tertiary/aromatic N) is 2. The number of anilines is 1. The molecule has 32 heavy (non-hydrogen) atoms. The third-order valence-corrected chi connectivity index (χ3v) is 6.69. The van der Waals surface area contributed by atoms with Gasteiger partial charge in [0.05, 0.1) is 11.9 Å². The quantitative estimate of drug-likeness (QED) is 0.592. The summed E-state index contributed by atoms with van der Waals surface area (Å²) in [6, 6.07) is 14.0. The van der Waals surface area contributed by atoms with Crippen LogP contribution < -0.4 is 9.62 Å². The van der Waals surface area contributed by atoms with Crippen molar-refractivity contribution in [2.45, 2.75) is 46.2 Å². The van der Waals surface area contributed by atoms with Gasteiger partial charge in [-0.25, -0.2) is 8.42 Å². The van der Waals surface area contributed by atoms with E-state index in [-0.39, 0.29) is 19.0 Å². The molecule has 1 atom stereocenters. The zero-order valence-corrected chi connectivity index (χ0v) is 20.3. The summed E-state index contributed by atoms with van der Waals surface area (Å²) in [5, 5.41) is 2.61. The summed E-state index contributed by atoms with van der Waals surface area (Å²) >= 11 is 0. The number of hydrogen-bond donors (Lipinski definition) is 1. The molecule has 2 aromatic rings. The fourth-order valence-electron chi connectivity index (χ4n) is 3.57. The minimum Gasteiger partial charge on any atom is -0.357 e. The number of rotatable bonds is 10. The summed E-state index contributed by atoms with van der Waals surface area (Å²) in [5.41, 5.74) is 3.39. The number of sulfonamides is 1. The predicted octanol–water partition coefficient (Wildman–Crippen LogP) is 2.88. The zero-order valence-electron chi connectivity index (χ0n) is 19.5. The normalized spacial score (nSPS) is 12.2. The Morgan fingerprint density at radius 1 is 1.03 bits per heavy atom. The van der Waals surface area contributed by atoms with Crippen LogP contribution in [0.4, 0.5) is 5.69 Å². The first kappa shape index (κ1) is 25.4.